The molecule has 0 spiro atoms. The molecule has 6 nitrogen and oxygen atoms in total. The van der Waals surface area contributed by atoms with Crippen molar-refractivity contribution in [3.05, 3.63) is 33.9 Å². The normalized spacial score (nSPS) is 14.2. The van der Waals surface area contributed by atoms with E-state index in [0.29, 0.717) is 5.56 Å². The van der Waals surface area contributed by atoms with Crippen molar-refractivity contribution in [2.45, 2.75) is 32.9 Å². The number of benzene rings is 1. The maximum atomic E-state index is 11.0. The van der Waals surface area contributed by atoms with Crippen molar-refractivity contribution in [2.75, 3.05) is 6.61 Å². The van der Waals surface area contributed by atoms with E-state index < -0.39 is 10.5 Å². The summed E-state index contributed by atoms with van der Waals surface area (Å²) in [6, 6.07) is 4.57. The minimum absolute atomic E-state index is 0.00647. The lowest BCUT2D eigenvalue weighted by atomic mass is 9.94. The molecule has 1 unspecified atom stereocenters. The Kier molecular flexibility index (Phi) is 4.85. The summed E-state index contributed by atoms with van der Waals surface area (Å²) < 4.78 is 5.39. The van der Waals surface area contributed by atoms with Gasteiger partial charge in [-0.15, -0.1) is 0 Å². The van der Waals surface area contributed by atoms with Crippen molar-refractivity contribution < 1.29 is 14.8 Å². The zero-order chi connectivity index (χ0) is 14.6. The SMILES string of the molecule is CC(C)C(C)(O)COc1ccc(CN)cc1[N+](=O)[O-]. The highest BCUT2D eigenvalue weighted by atomic mass is 16.6. The van der Waals surface area contributed by atoms with Crippen molar-refractivity contribution in [3.63, 3.8) is 0 Å². The van der Waals surface area contributed by atoms with E-state index >= 15 is 0 Å². The predicted molar refractivity (Wildman–Crippen MR) is 71.9 cm³/mol. The Morgan fingerprint density at radius 1 is 1.53 bits per heavy atom. The topological polar surface area (TPSA) is 98.6 Å². The minimum Gasteiger partial charge on any atom is -0.484 e. The van der Waals surface area contributed by atoms with Gasteiger partial charge in [0, 0.05) is 12.6 Å². The van der Waals surface area contributed by atoms with Crippen molar-refractivity contribution in [3.8, 4) is 5.75 Å². The maximum Gasteiger partial charge on any atom is 0.311 e. The summed E-state index contributed by atoms with van der Waals surface area (Å²) in [4.78, 5) is 10.5. The quantitative estimate of drug-likeness (QED) is 0.606. The van der Waals surface area contributed by atoms with Gasteiger partial charge in [-0.25, -0.2) is 0 Å². The van der Waals surface area contributed by atoms with Gasteiger partial charge in [-0.3, -0.25) is 10.1 Å². The van der Waals surface area contributed by atoms with Crippen LogP contribution in [0.4, 0.5) is 5.69 Å². The second kappa shape index (κ2) is 5.99. The number of rotatable bonds is 6. The van der Waals surface area contributed by atoms with Crippen LogP contribution in [0.2, 0.25) is 0 Å². The highest BCUT2D eigenvalue weighted by molar-refractivity contribution is 5.48. The molecule has 1 aromatic carbocycles. The lowest BCUT2D eigenvalue weighted by molar-refractivity contribution is -0.386. The van der Waals surface area contributed by atoms with Gasteiger partial charge in [0.05, 0.1) is 10.5 Å². The van der Waals surface area contributed by atoms with Crippen molar-refractivity contribution in [1.29, 1.82) is 0 Å². The van der Waals surface area contributed by atoms with Crippen LogP contribution in [0.3, 0.4) is 0 Å². The molecule has 1 atom stereocenters. The number of nitrogens with two attached hydrogens (primary N) is 1. The molecule has 0 aliphatic heterocycles. The molecule has 0 bridgehead atoms. The first-order valence-electron chi connectivity index (χ1n) is 6.10. The van der Waals surface area contributed by atoms with Gasteiger partial charge in [0.25, 0.3) is 0 Å². The third-order valence-electron chi connectivity index (χ3n) is 3.22. The average Bonchev–Trinajstić information content (AvgIpc) is 2.35. The molecule has 0 fully saturated rings. The van der Waals surface area contributed by atoms with Crippen LogP contribution in [0.15, 0.2) is 18.2 Å². The van der Waals surface area contributed by atoms with E-state index in [1.54, 1.807) is 13.0 Å². The zero-order valence-corrected chi connectivity index (χ0v) is 11.4. The molecular weight excluding hydrogens is 248 g/mol. The van der Waals surface area contributed by atoms with E-state index in [-0.39, 0.29) is 30.5 Å². The van der Waals surface area contributed by atoms with E-state index in [2.05, 4.69) is 0 Å². The fraction of sp³-hybridized carbons (Fsp3) is 0.538. The lowest BCUT2D eigenvalue weighted by Crippen LogP contribution is -2.37. The minimum atomic E-state index is -1.04. The molecule has 6 heteroatoms. The van der Waals surface area contributed by atoms with Gasteiger partial charge < -0.3 is 15.6 Å². The number of nitro groups is 1. The first-order valence-corrected chi connectivity index (χ1v) is 6.10. The Balaban J connectivity index is 2.92. The van der Waals surface area contributed by atoms with Crippen LogP contribution in [-0.2, 0) is 6.54 Å². The fourth-order valence-corrected chi connectivity index (χ4v) is 1.35. The molecule has 0 aliphatic carbocycles. The third-order valence-corrected chi connectivity index (χ3v) is 3.22. The number of nitrogens with zero attached hydrogens (tertiary/aromatic N) is 1. The summed E-state index contributed by atoms with van der Waals surface area (Å²) in [6.07, 6.45) is 0. The molecular formula is C13H20N2O4. The van der Waals surface area contributed by atoms with Gasteiger partial charge in [0.2, 0.25) is 0 Å². The molecule has 3 N–H and O–H groups in total. The highest BCUT2D eigenvalue weighted by Gasteiger charge is 2.27. The van der Waals surface area contributed by atoms with Crippen LogP contribution in [0.5, 0.6) is 5.75 Å². The molecule has 0 heterocycles. The summed E-state index contributed by atoms with van der Waals surface area (Å²) in [6.45, 7) is 5.57. The zero-order valence-electron chi connectivity index (χ0n) is 11.4. The Labute approximate surface area is 112 Å². The molecule has 0 saturated heterocycles. The molecule has 19 heavy (non-hydrogen) atoms. The Morgan fingerprint density at radius 3 is 2.63 bits per heavy atom. The monoisotopic (exact) mass is 268 g/mol. The van der Waals surface area contributed by atoms with Crippen LogP contribution >= 0.6 is 0 Å². The fourth-order valence-electron chi connectivity index (χ4n) is 1.35. The van der Waals surface area contributed by atoms with Crippen molar-refractivity contribution in [1.82, 2.24) is 0 Å². The van der Waals surface area contributed by atoms with Crippen LogP contribution in [0, 0.1) is 16.0 Å². The van der Waals surface area contributed by atoms with Gasteiger partial charge in [-0.05, 0) is 24.5 Å². The summed E-state index contributed by atoms with van der Waals surface area (Å²) in [7, 11) is 0. The van der Waals surface area contributed by atoms with E-state index in [1.165, 1.54) is 12.1 Å². The Morgan fingerprint density at radius 2 is 2.16 bits per heavy atom. The third kappa shape index (κ3) is 3.90. The molecule has 0 saturated carbocycles. The molecule has 0 amide bonds. The number of ether oxygens (including phenoxy) is 1. The van der Waals surface area contributed by atoms with E-state index in [9.17, 15) is 15.2 Å². The first-order chi connectivity index (χ1) is 8.77. The van der Waals surface area contributed by atoms with Crippen molar-refractivity contribution >= 4 is 5.69 Å². The predicted octanol–water partition coefficient (Wildman–Crippen LogP) is 1.84. The Hall–Kier alpha value is -1.66. The summed E-state index contributed by atoms with van der Waals surface area (Å²) in [5, 5.41) is 21.0. The van der Waals surface area contributed by atoms with Crippen LogP contribution in [-0.4, -0.2) is 22.2 Å². The molecule has 106 valence electrons. The van der Waals surface area contributed by atoms with Gasteiger partial charge in [0.1, 0.15) is 6.61 Å². The van der Waals surface area contributed by atoms with Gasteiger partial charge >= 0.3 is 5.69 Å². The molecule has 1 aromatic rings. The van der Waals surface area contributed by atoms with Crippen LogP contribution < -0.4 is 10.5 Å². The summed E-state index contributed by atoms with van der Waals surface area (Å²) in [5.74, 6) is 0.123. The number of aliphatic hydroxyl groups is 1. The summed E-state index contributed by atoms with van der Waals surface area (Å²) >= 11 is 0. The van der Waals surface area contributed by atoms with E-state index in [0.717, 1.165) is 0 Å². The van der Waals surface area contributed by atoms with Gasteiger partial charge in [0.15, 0.2) is 5.75 Å². The van der Waals surface area contributed by atoms with Crippen LogP contribution in [0.1, 0.15) is 26.3 Å². The number of nitro benzene ring substituents is 1. The van der Waals surface area contributed by atoms with Crippen LogP contribution in [0.25, 0.3) is 0 Å². The molecule has 0 aromatic heterocycles. The second-order valence-corrected chi connectivity index (χ2v) is 5.06. The standard InChI is InChI=1S/C13H20N2O4/c1-9(2)13(3,16)8-19-12-5-4-10(7-14)6-11(12)15(17)18/h4-6,9,16H,7-8,14H2,1-3H3. The maximum absolute atomic E-state index is 11.0. The largest absolute Gasteiger partial charge is 0.484 e. The van der Waals surface area contributed by atoms with E-state index in [1.807, 2.05) is 13.8 Å². The van der Waals surface area contributed by atoms with E-state index in [4.69, 9.17) is 10.5 Å². The highest BCUT2D eigenvalue weighted by Crippen LogP contribution is 2.29. The average molecular weight is 268 g/mol. The van der Waals surface area contributed by atoms with Crippen molar-refractivity contribution in [2.24, 2.45) is 11.7 Å². The second-order valence-electron chi connectivity index (χ2n) is 5.06. The molecule has 1 rings (SSSR count). The molecule has 0 radical (unpaired) electrons. The lowest BCUT2D eigenvalue weighted by Gasteiger charge is -2.27. The smallest absolute Gasteiger partial charge is 0.311 e. The number of hydrogen-bond acceptors (Lipinski definition) is 5. The van der Waals surface area contributed by atoms with Gasteiger partial charge in [-0.2, -0.15) is 0 Å². The number of hydrogen-bond donors (Lipinski definition) is 2. The Bertz CT molecular complexity index is 458. The van der Waals surface area contributed by atoms with Gasteiger partial charge in [-0.1, -0.05) is 19.9 Å². The summed E-state index contributed by atoms with van der Waals surface area (Å²) in [5.41, 5.74) is 4.93. The first kappa shape index (κ1) is 15.4. The molecule has 0 aliphatic rings.